The van der Waals surface area contributed by atoms with Gasteiger partial charge in [0.25, 0.3) is 0 Å². The molecule has 3 aromatic rings. The minimum absolute atomic E-state index is 0.0818. The summed E-state index contributed by atoms with van der Waals surface area (Å²) in [5.74, 6) is -1.000. The van der Waals surface area contributed by atoms with Gasteiger partial charge in [-0.25, -0.2) is 9.18 Å². The van der Waals surface area contributed by atoms with Crippen LogP contribution in [0.5, 0.6) is 5.75 Å². The van der Waals surface area contributed by atoms with Gasteiger partial charge in [-0.2, -0.15) is 5.26 Å². The van der Waals surface area contributed by atoms with E-state index >= 15 is 4.39 Å². The van der Waals surface area contributed by atoms with Crippen LogP contribution in [-0.4, -0.2) is 5.97 Å². The van der Waals surface area contributed by atoms with Gasteiger partial charge in [0.15, 0.2) is 0 Å². The first kappa shape index (κ1) is 17.0. The Kier molecular flexibility index (Phi) is 4.21. The van der Waals surface area contributed by atoms with Crippen molar-refractivity contribution in [2.24, 2.45) is 0 Å². The van der Waals surface area contributed by atoms with Crippen molar-refractivity contribution in [3.63, 3.8) is 0 Å². The molecule has 27 heavy (non-hydrogen) atoms. The number of carbonyl (C=O) groups excluding carboxylic acids is 1. The minimum atomic E-state index is -0.745. The number of aryl methyl sites for hydroxylation is 1. The molecule has 1 aliphatic rings. The molecule has 0 spiro atoms. The topological polar surface area (TPSA) is 50.1 Å². The highest BCUT2D eigenvalue weighted by molar-refractivity contribution is 5.93. The second-order valence-electron chi connectivity index (χ2n) is 6.50. The normalized spacial score (nSPS) is 11.4. The summed E-state index contributed by atoms with van der Waals surface area (Å²) in [5.41, 5.74) is 5.06. The number of hydrogen-bond donors (Lipinski definition) is 0. The van der Waals surface area contributed by atoms with Gasteiger partial charge in [0.1, 0.15) is 11.6 Å². The van der Waals surface area contributed by atoms with Crippen molar-refractivity contribution in [3.05, 3.63) is 88.2 Å². The largest absolute Gasteiger partial charge is 0.423 e. The first-order valence-electron chi connectivity index (χ1n) is 8.76. The van der Waals surface area contributed by atoms with Crippen molar-refractivity contribution in [2.45, 2.75) is 19.8 Å². The number of fused-ring (bicyclic) bond motifs is 3. The third kappa shape index (κ3) is 2.98. The zero-order chi connectivity index (χ0) is 19.0. The molecule has 3 aromatic carbocycles. The van der Waals surface area contributed by atoms with Crippen LogP contribution in [0.4, 0.5) is 4.39 Å². The lowest BCUT2D eigenvalue weighted by molar-refractivity contribution is 0.0729. The Labute approximate surface area is 156 Å². The fourth-order valence-corrected chi connectivity index (χ4v) is 3.43. The lowest BCUT2D eigenvalue weighted by Crippen LogP contribution is -2.12. The molecule has 4 rings (SSSR count). The van der Waals surface area contributed by atoms with Crippen LogP contribution in [-0.2, 0) is 12.8 Å². The monoisotopic (exact) mass is 357 g/mol. The van der Waals surface area contributed by atoms with Crippen molar-refractivity contribution in [1.29, 1.82) is 5.26 Å². The van der Waals surface area contributed by atoms with Crippen LogP contribution in [0.2, 0.25) is 0 Å². The number of carbonyl (C=O) groups is 1. The number of nitriles is 1. The smallest absolute Gasteiger partial charge is 0.346 e. The molecule has 0 aromatic heterocycles. The van der Waals surface area contributed by atoms with Gasteiger partial charge in [0.05, 0.1) is 17.2 Å². The average molecular weight is 357 g/mol. The highest BCUT2D eigenvalue weighted by Gasteiger charge is 2.26. The fourth-order valence-electron chi connectivity index (χ4n) is 3.43. The van der Waals surface area contributed by atoms with E-state index in [4.69, 9.17) is 10.00 Å². The van der Waals surface area contributed by atoms with Gasteiger partial charge in [-0.1, -0.05) is 31.2 Å². The van der Waals surface area contributed by atoms with E-state index < -0.39 is 11.8 Å². The molecule has 0 saturated carbocycles. The molecule has 3 nitrogen and oxygen atoms in total. The molecule has 0 radical (unpaired) electrons. The molecule has 0 aliphatic heterocycles. The van der Waals surface area contributed by atoms with Crippen molar-refractivity contribution in [3.8, 4) is 22.9 Å². The van der Waals surface area contributed by atoms with E-state index in [9.17, 15) is 4.79 Å². The van der Waals surface area contributed by atoms with E-state index in [2.05, 4.69) is 19.1 Å². The van der Waals surface area contributed by atoms with Crippen LogP contribution in [0, 0.1) is 17.1 Å². The summed E-state index contributed by atoms with van der Waals surface area (Å²) in [6, 6.07) is 17.6. The molecule has 4 heteroatoms. The van der Waals surface area contributed by atoms with Gasteiger partial charge in [-0.3, -0.25) is 0 Å². The van der Waals surface area contributed by atoms with Gasteiger partial charge in [-0.05, 0) is 59.0 Å². The molecule has 0 N–H and O–H groups in total. The number of rotatable bonds is 3. The quantitative estimate of drug-likeness (QED) is 0.381. The van der Waals surface area contributed by atoms with Crippen LogP contribution in [0.15, 0.2) is 54.6 Å². The Bertz CT molecular complexity index is 1090. The van der Waals surface area contributed by atoms with Crippen LogP contribution < -0.4 is 4.74 Å². The van der Waals surface area contributed by atoms with E-state index in [1.807, 2.05) is 12.1 Å². The molecule has 1 aliphatic carbocycles. The maximum atomic E-state index is 15.0. The van der Waals surface area contributed by atoms with Crippen LogP contribution in [0.1, 0.15) is 39.5 Å². The molecule has 0 bridgehead atoms. The second-order valence-corrected chi connectivity index (χ2v) is 6.50. The van der Waals surface area contributed by atoms with Crippen LogP contribution in [0.25, 0.3) is 11.1 Å². The minimum Gasteiger partial charge on any atom is -0.423 e. The average Bonchev–Trinajstić information content (AvgIpc) is 3.07. The Hall–Kier alpha value is -3.45. The molecule has 0 atom stereocenters. The first-order chi connectivity index (χ1) is 13.1. The molecule has 0 heterocycles. The van der Waals surface area contributed by atoms with E-state index in [0.717, 1.165) is 23.1 Å². The molecule has 0 saturated heterocycles. The number of nitrogens with zero attached hydrogens (tertiary/aromatic N) is 1. The lowest BCUT2D eigenvalue weighted by atomic mass is 10.0. The van der Waals surface area contributed by atoms with Crippen molar-refractivity contribution in [1.82, 2.24) is 0 Å². The predicted molar refractivity (Wildman–Crippen MR) is 100 cm³/mol. The Morgan fingerprint density at radius 2 is 1.85 bits per heavy atom. The molecule has 0 unspecified atom stereocenters. The maximum absolute atomic E-state index is 15.0. The zero-order valence-electron chi connectivity index (χ0n) is 14.8. The van der Waals surface area contributed by atoms with Gasteiger partial charge in [-0.15, -0.1) is 0 Å². The van der Waals surface area contributed by atoms with Crippen LogP contribution >= 0.6 is 0 Å². The predicted octanol–water partition coefficient (Wildman–Crippen LogP) is 5.05. The summed E-state index contributed by atoms with van der Waals surface area (Å²) >= 11 is 0. The van der Waals surface area contributed by atoms with Gasteiger partial charge in [0, 0.05) is 12.0 Å². The third-order valence-corrected chi connectivity index (χ3v) is 4.89. The van der Waals surface area contributed by atoms with E-state index in [0.29, 0.717) is 17.5 Å². The standard InChI is InChI=1S/C23H16FNO2/c1-2-14-5-8-18-16(11-14)12-21-19(18)9-10-20(22(21)24)23(26)27-17-6-3-15(13-25)4-7-17/h3-11H,2,12H2,1H3. The Morgan fingerprint density at radius 3 is 2.56 bits per heavy atom. The second kappa shape index (κ2) is 6.69. The van der Waals surface area contributed by atoms with Crippen molar-refractivity contribution < 1.29 is 13.9 Å². The van der Waals surface area contributed by atoms with E-state index in [-0.39, 0.29) is 11.3 Å². The summed E-state index contributed by atoms with van der Waals surface area (Å²) in [5, 5.41) is 8.81. The Morgan fingerprint density at radius 1 is 1.11 bits per heavy atom. The summed E-state index contributed by atoms with van der Waals surface area (Å²) in [7, 11) is 0. The third-order valence-electron chi connectivity index (χ3n) is 4.89. The van der Waals surface area contributed by atoms with Gasteiger partial charge in [0.2, 0.25) is 0 Å². The van der Waals surface area contributed by atoms with Crippen molar-refractivity contribution in [2.75, 3.05) is 0 Å². The SMILES string of the molecule is CCc1ccc2c(c1)Cc1c-2ccc(C(=O)Oc2ccc(C#N)cc2)c1F. The lowest BCUT2D eigenvalue weighted by Gasteiger charge is -2.08. The van der Waals surface area contributed by atoms with Gasteiger partial charge >= 0.3 is 5.97 Å². The number of benzene rings is 3. The fraction of sp³-hybridized carbons (Fsp3) is 0.130. The number of ether oxygens (including phenoxy) is 1. The highest BCUT2D eigenvalue weighted by Crippen LogP contribution is 2.39. The Balaban J connectivity index is 1.63. The van der Waals surface area contributed by atoms with E-state index in [1.54, 1.807) is 18.2 Å². The molecular weight excluding hydrogens is 341 g/mol. The first-order valence-corrected chi connectivity index (χ1v) is 8.76. The summed E-state index contributed by atoms with van der Waals surface area (Å²) in [6.45, 7) is 2.08. The number of esters is 1. The van der Waals surface area contributed by atoms with Gasteiger partial charge < -0.3 is 4.74 Å². The van der Waals surface area contributed by atoms with Crippen LogP contribution in [0.3, 0.4) is 0 Å². The molecule has 0 amide bonds. The number of halogens is 1. The molecule has 132 valence electrons. The summed E-state index contributed by atoms with van der Waals surface area (Å²) < 4.78 is 20.3. The summed E-state index contributed by atoms with van der Waals surface area (Å²) in [4.78, 5) is 12.4. The summed E-state index contributed by atoms with van der Waals surface area (Å²) in [6.07, 6.45) is 1.40. The molecular formula is C23H16FNO2. The zero-order valence-corrected chi connectivity index (χ0v) is 14.8. The van der Waals surface area contributed by atoms with Crippen molar-refractivity contribution >= 4 is 5.97 Å². The number of hydrogen-bond acceptors (Lipinski definition) is 3. The maximum Gasteiger partial charge on any atom is 0.346 e. The molecule has 0 fully saturated rings. The highest BCUT2D eigenvalue weighted by atomic mass is 19.1. The van der Waals surface area contributed by atoms with E-state index in [1.165, 1.54) is 23.8 Å².